The Morgan fingerprint density at radius 3 is 2.19 bits per heavy atom. The van der Waals surface area contributed by atoms with Crippen molar-refractivity contribution in [1.29, 1.82) is 0 Å². The van der Waals surface area contributed by atoms with Crippen LogP contribution >= 0.6 is 0 Å². The molecule has 0 atom stereocenters. The van der Waals surface area contributed by atoms with Gasteiger partial charge in [-0.05, 0) is 48.4 Å². The van der Waals surface area contributed by atoms with Crippen molar-refractivity contribution >= 4 is 15.7 Å². The fourth-order valence-electron chi connectivity index (χ4n) is 1.75. The molecule has 0 heterocycles. The number of anilines is 1. The Balaban J connectivity index is 2.16. The molecule has 0 radical (unpaired) electrons. The van der Waals surface area contributed by atoms with E-state index >= 15 is 0 Å². The van der Waals surface area contributed by atoms with E-state index in [2.05, 4.69) is 14.6 Å². The summed E-state index contributed by atoms with van der Waals surface area (Å²) in [5, 5.41) is 0. The van der Waals surface area contributed by atoms with Crippen LogP contribution in [0, 0.1) is 0 Å². The number of aryl methyl sites for hydroxylation is 1. The van der Waals surface area contributed by atoms with Gasteiger partial charge in [-0.15, -0.1) is 0 Å². The lowest BCUT2D eigenvalue weighted by Gasteiger charge is -2.09. The Hall–Kier alpha value is -2.09. The molecule has 2 aromatic carbocycles. The number of nitrogens with two attached hydrogens (primary N) is 1. The summed E-state index contributed by atoms with van der Waals surface area (Å²) in [6.45, 7) is 2.04. The van der Waals surface area contributed by atoms with Gasteiger partial charge < -0.3 is 4.89 Å². The largest absolute Gasteiger partial charge is 0.320 e. The van der Waals surface area contributed by atoms with Crippen LogP contribution in [0.4, 0.5) is 5.69 Å². The van der Waals surface area contributed by atoms with Gasteiger partial charge >= 0.3 is 0 Å². The topological polar surface area (TPSA) is 90.7 Å². The molecule has 3 N–H and O–H groups in total. The van der Waals surface area contributed by atoms with E-state index in [1.165, 1.54) is 24.3 Å². The normalized spacial score (nSPS) is 11.1. The highest BCUT2D eigenvalue weighted by Crippen LogP contribution is 2.19. The highest BCUT2D eigenvalue weighted by Gasteiger charge is 2.14. The molecule has 7 heteroatoms. The molecule has 21 heavy (non-hydrogen) atoms. The molecule has 0 spiro atoms. The number of sulfonamides is 1. The molecule has 0 unspecified atom stereocenters. The standard InChI is InChI=1S/C14H16N2O4S/c1-2-11-3-5-12(6-4-11)16-21(17,18)14-9-7-13(8-10-14)19-20-15/h3-10,16H,2,15H2,1H3. The Bertz CT molecular complexity index is 682. The van der Waals surface area contributed by atoms with Gasteiger partial charge in [0.15, 0.2) is 5.75 Å². The second-order valence-electron chi connectivity index (χ2n) is 4.31. The molecule has 0 bridgehead atoms. The first-order valence-corrected chi connectivity index (χ1v) is 7.78. The van der Waals surface area contributed by atoms with Crippen LogP contribution in [0.2, 0.25) is 0 Å². The maximum atomic E-state index is 12.2. The van der Waals surface area contributed by atoms with E-state index in [4.69, 9.17) is 5.90 Å². The first kappa shape index (κ1) is 15.3. The van der Waals surface area contributed by atoms with E-state index in [0.29, 0.717) is 11.4 Å². The molecular weight excluding hydrogens is 292 g/mol. The van der Waals surface area contributed by atoms with Gasteiger partial charge in [-0.2, -0.15) is 5.90 Å². The zero-order valence-corrected chi connectivity index (χ0v) is 12.3. The minimum absolute atomic E-state index is 0.117. The van der Waals surface area contributed by atoms with Crippen molar-refractivity contribution in [3.05, 3.63) is 54.1 Å². The summed E-state index contributed by atoms with van der Waals surface area (Å²) < 4.78 is 26.9. The van der Waals surface area contributed by atoms with E-state index in [9.17, 15) is 8.42 Å². The summed E-state index contributed by atoms with van der Waals surface area (Å²) >= 11 is 0. The number of nitrogens with one attached hydrogen (secondary N) is 1. The van der Waals surface area contributed by atoms with Crippen LogP contribution in [0.1, 0.15) is 12.5 Å². The molecule has 0 aliphatic heterocycles. The van der Waals surface area contributed by atoms with Crippen LogP contribution in [0.15, 0.2) is 53.4 Å². The quantitative estimate of drug-likeness (QED) is 0.631. The monoisotopic (exact) mass is 308 g/mol. The predicted octanol–water partition coefficient (Wildman–Crippen LogP) is 2.23. The Morgan fingerprint density at radius 1 is 1.05 bits per heavy atom. The first-order chi connectivity index (χ1) is 10.0. The Morgan fingerprint density at radius 2 is 1.67 bits per heavy atom. The lowest BCUT2D eigenvalue weighted by atomic mass is 10.2. The molecule has 0 saturated heterocycles. The zero-order chi connectivity index (χ0) is 15.3. The molecule has 0 aromatic heterocycles. The fourth-order valence-corrected chi connectivity index (χ4v) is 2.81. The van der Waals surface area contributed by atoms with E-state index in [1.54, 1.807) is 12.1 Å². The summed E-state index contributed by atoms with van der Waals surface area (Å²) in [7, 11) is -3.64. The van der Waals surface area contributed by atoms with Crippen molar-refractivity contribution in [3.63, 3.8) is 0 Å². The highest BCUT2D eigenvalue weighted by atomic mass is 32.2. The van der Waals surface area contributed by atoms with Gasteiger partial charge in [0.05, 0.1) is 4.90 Å². The van der Waals surface area contributed by atoms with Crippen LogP contribution in [-0.4, -0.2) is 8.42 Å². The fraction of sp³-hybridized carbons (Fsp3) is 0.143. The molecule has 0 amide bonds. The van der Waals surface area contributed by atoms with Crippen LogP contribution in [-0.2, 0) is 21.4 Å². The molecule has 0 fully saturated rings. The first-order valence-electron chi connectivity index (χ1n) is 6.30. The summed E-state index contributed by atoms with van der Waals surface area (Å²) in [4.78, 5) is 8.70. The van der Waals surface area contributed by atoms with E-state index in [-0.39, 0.29) is 4.90 Å². The van der Waals surface area contributed by atoms with Gasteiger partial charge in [0.25, 0.3) is 10.0 Å². The average Bonchev–Trinajstić information content (AvgIpc) is 2.48. The summed E-state index contributed by atoms with van der Waals surface area (Å²) in [5.41, 5.74) is 1.65. The minimum Gasteiger partial charge on any atom is -0.320 e. The van der Waals surface area contributed by atoms with Crippen LogP contribution in [0.25, 0.3) is 0 Å². The SMILES string of the molecule is CCc1ccc(NS(=O)(=O)c2ccc(OON)cc2)cc1. The van der Waals surface area contributed by atoms with E-state index < -0.39 is 10.0 Å². The van der Waals surface area contributed by atoms with Crippen molar-refractivity contribution in [3.8, 4) is 5.75 Å². The summed E-state index contributed by atoms with van der Waals surface area (Å²) in [6, 6.07) is 12.9. The van der Waals surface area contributed by atoms with E-state index in [1.807, 2.05) is 19.1 Å². The van der Waals surface area contributed by atoms with Crippen molar-refractivity contribution in [2.24, 2.45) is 5.90 Å². The lowest BCUT2D eigenvalue weighted by Crippen LogP contribution is -2.13. The van der Waals surface area contributed by atoms with Crippen molar-refractivity contribution in [2.45, 2.75) is 18.2 Å². The van der Waals surface area contributed by atoms with Gasteiger partial charge in [0.2, 0.25) is 0 Å². The van der Waals surface area contributed by atoms with Crippen LogP contribution in [0.3, 0.4) is 0 Å². The van der Waals surface area contributed by atoms with Crippen molar-refractivity contribution in [1.82, 2.24) is 0 Å². The molecule has 2 rings (SSSR count). The second-order valence-corrected chi connectivity index (χ2v) is 5.99. The van der Waals surface area contributed by atoms with Gasteiger partial charge in [0.1, 0.15) is 0 Å². The maximum Gasteiger partial charge on any atom is 0.261 e. The third kappa shape index (κ3) is 3.94. The van der Waals surface area contributed by atoms with E-state index in [0.717, 1.165) is 12.0 Å². The Labute approximate surface area is 123 Å². The maximum absolute atomic E-state index is 12.2. The van der Waals surface area contributed by atoms with Crippen LogP contribution < -0.4 is 15.5 Å². The molecule has 0 aliphatic rings. The van der Waals surface area contributed by atoms with Gasteiger partial charge in [-0.25, -0.2) is 8.42 Å². The summed E-state index contributed by atoms with van der Waals surface area (Å²) in [6.07, 6.45) is 0.901. The number of rotatable bonds is 6. The van der Waals surface area contributed by atoms with Gasteiger partial charge in [-0.3, -0.25) is 4.72 Å². The second kappa shape index (κ2) is 6.57. The number of hydrogen-bond donors (Lipinski definition) is 2. The zero-order valence-electron chi connectivity index (χ0n) is 11.4. The molecule has 112 valence electrons. The molecule has 0 saturated carbocycles. The summed E-state index contributed by atoms with van der Waals surface area (Å²) in [5.74, 6) is 5.07. The van der Waals surface area contributed by atoms with Crippen LogP contribution in [0.5, 0.6) is 5.75 Å². The smallest absolute Gasteiger partial charge is 0.261 e. The molecule has 2 aromatic rings. The lowest BCUT2D eigenvalue weighted by molar-refractivity contribution is -0.211. The third-order valence-corrected chi connectivity index (χ3v) is 4.29. The minimum atomic E-state index is -3.64. The van der Waals surface area contributed by atoms with Crippen molar-refractivity contribution in [2.75, 3.05) is 4.72 Å². The van der Waals surface area contributed by atoms with Gasteiger partial charge in [-0.1, -0.05) is 24.0 Å². The molecular formula is C14H16N2O4S. The number of hydrogen-bond acceptors (Lipinski definition) is 5. The highest BCUT2D eigenvalue weighted by molar-refractivity contribution is 7.92. The average molecular weight is 308 g/mol. The molecule has 6 nitrogen and oxygen atoms in total. The predicted molar refractivity (Wildman–Crippen MR) is 79.0 cm³/mol. The third-order valence-electron chi connectivity index (χ3n) is 2.89. The molecule has 0 aliphatic carbocycles. The Kier molecular flexibility index (Phi) is 4.79. The van der Waals surface area contributed by atoms with Gasteiger partial charge in [0, 0.05) is 5.69 Å². The number of benzene rings is 2. The van der Waals surface area contributed by atoms with Crippen molar-refractivity contribution < 1.29 is 18.3 Å².